The summed E-state index contributed by atoms with van der Waals surface area (Å²) in [5.41, 5.74) is 1.19. The fraction of sp³-hybridized carbons (Fsp3) is 0.250. The van der Waals surface area contributed by atoms with Crippen molar-refractivity contribution in [3.8, 4) is 11.9 Å². The van der Waals surface area contributed by atoms with Gasteiger partial charge in [0.05, 0.1) is 11.3 Å². The van der Waals surface area contributed by atoms with Crippen molar-refractivity contribution in [1.29, 1.82) is 5.26 Å². The third-order valence-electron chi connectivity index (χ3n) is 1.64. The van der Waals surface area contributed by atoms with E-state index in [-0.39, 0.29) is 6.07 Å². The summed E-state index contributed by atoms with van der Waals surface area (Å²) in [6.07, 6.45) is -10.1. The maximum atomic E-state index is 12.4. The van der Waals surface area contributed by atoms with Crippen molar-refractivity contribution in [1.82, 2.24) is 4.98 Å². The molecule has 1 rings (SSSR count). The number of nitrogens with zero attached hydrogens (tertiary/aromatic N) is 2. The number of pyridine rings is 1. The van der Waals surface area contributed by atoms with E-state index in [1.807, 2.05) is 0 Å². The Morgan fingerprint density at radius 1 is 1.22 bits per heavy atom. The molecule has 0 amide bonds. The highest BCUT2D eigenvalue weighted by Crippen LogP contribution is 2.36. The van der Waals surface area contributed by atoms with E-state index < -0.39 is 35.4 Å². The molecular weight excluding hydrogens is 268 g/mol. The highest BCUT2D eigenvalue weighted by atomic mass is 19.4. The Hall–Kier alpha value is -2.18. The lowest BCUT2D eigenvalue weighted by atomic mass is 10.2. The summed E-state index contributed by atoms with van der Waals surface area (Å²) in [6, 6.07) is 1.18. The molecule has 0 saturated heterocycles. The molecule has 1 heterocycles. The first-order valence-electron chi connectivity index (χ1n) is 4.08. The van der Waals surface area contributed by atoms with Crippen LogP contribution in [0.3, 0.4) is 0 Å². The lowest BCUT2D eigenvalue weighted by Gasteiger charge is -2.13. The maximum Gasteiger partial charge on any atom is 0.574 e. The zero-order chi connectivity index (χ0) is 14.1. The molecule has 0 aliphatic carbocycles. The van der Waals surface area contributed by atoms with Gasteiger partial charge in [0.15, 0.2) is 5.69 Å². The van der Waals surface area contributed by atoms with Gasteiger partial charge in [-0.1, -0.05) is 0 Å². The number of aromatic nitrogens is 1. The summed E-state index contributed by atoms with van der Waals surface area (Å²) in [7, 11) is 0. The first-order chi connectivity index (χ1) is 8.04. The van der Waals surface area contributed by atoms with Crippen LogP contribution in [-0.2, 0) is 6.18 Å². The van der Waals surface area contributed by atoms with Crippen LogP contribution >= 0.6 is 0 Å². The van der Waals surface area contributed by atoms with Crippen molar-refractivity contribution in [2.75, 3.05) is 5.73 Å². The van der Waals surface area contributed by atoms with Gasteiger partial charge in [-0.15, -0.1) is 13.2 Å². The monoisotopic (exact) mass is 271 g/mol. The van der Waals surface area contributed by atoms with Gasteiger partial charge in [-0.25, -0.2) is 0 Å². The maximum absolute atomic E-state index is 12.4. The second-order valence-electron chi connectivity index (χ2n) is 2.94. The number of nitrogens with two attached hydrogens (primary N) is 1. The van der Waals surface area contributed by atoms with Crippen LogP contribution in [0.15, 0.2) is 6.07 Å². The van der Waals surface area contributed by atoms with Crippen molar-refractivity contribution >= 4 is 5.69 Å². The molecule has 98 valence electrons. The van der Waals surface area contributed by atoms with Crippen molar-refractivity contribution in [2.24, 2.45) is 0 Å². The van der Waals surface area contributed by atoms with Gasteiger partial charge in [-0.2, -0.15) is 23.4 Å². The first-order valence-corrected chi connectivity index (χ1v) is 4.08. The van der Waals surface area contributed by atoms with Gasteiger partial charge in [0.2, 0.25) is 5.88 Å². The summed E-state index contributed by atoms with van der Waals surface area (Å²) >= 11 is 0. The Morgan fingerprint density at radius 2 is 1.78 bits per heavy atom. The topological polar surface area (TPSA) is 71.9 Å². The average Bonchev–Trinajstić information content (AvgIpc) is 2.17. The van der Waals surface area contributed by atoms with Gasteiger partial charge in [0, 0.05) is 0 Å². The van der Waals surface area contributed by atoms with E-state index in [0.29, 0.717) is 0 Å². The predicted molar refractivity (Wildman–Crippen MR) is 45.0 cm³/mol. The Balaban J connectivity index is 3.33. The first kappa shape index (κ1) is 13.9. The number of hydrogen-bond donors (Lipinski definition) is 1. The number of rotatable bonds is 1. The molecule has 4 nitrogen and oxygen atoms in total. The molecule has 0 atom stereocenters. The summed E-state index contributed by atoms with van der Waals surface area (Å²) in [5, 5.41) is 8.41. The number of nitriles is 1. The molecule has 18 heavy (non-hydrogen) atoms. The molecule has 0 fully saturated rings. The lowest BCUT2D eigenvalue weighted by molar-refractivity contribution is -0.275. The van der Waals surface area contributed by atoms with E-state index >= 15 is 0 Å². The minimum absolute atomic E-state index is 0.159. The third kappa shape index (κ3) is 3.16. The second kappa shape index (κ2) is 4.25. The van der Waals surface area contributed by atoms with Gasteiger partial charge < -0.3 is 10.5 Å². The Bertz CT molecular complexity index is 501. The molecule has 0 aliphatic heterocycles. The van der Waals surface area contributed by atoms with Crippen LogP contribution in [0.4, 0.5) is 32.0 Å². The third-order valence-corrected chi connectivity index (χ3v) is 1.64. The number of ether oxygens (including phenoxy) is 1. The van der Waals surface area contributed by atoms with Crippen LogP contribution < -0.4 is 10.5 Å². The zero-order valence-electron chi connectivity index (χ0n) is 8.23. The van der Waals surface area contributed by atoms with Gasteiger partial charge in [0.25, 0.3) is 0 Å². The van der Waals surface area contributed by atoms with Crippen molar-refractivity contribution in [3.63, 3.8) is 0 Å². The van der Waals surface area contributed by atoms with Crippen molar-refractivity contribution < 1.29 is 31.1 Å². The van der Waals surface area contributed by atoms with Crippen LogP contribution in [0.25, 0.3) is 0 Å². The summed E-state index contributed by atoms with van der Waals surface area (Å²) in [5.74, 6) is -1.30. The molecule has 1 aromatic rings. The highest BCUT2D eigenvalue weighted by Gasteiger charge is 2.38. The molecule has 0 bridgehead atoms. The normalized spacial score (nSPS) is 12.1. The van der Waals surface area contributed by atoms with Gasteiger partial charge in [-0.3, -0.25) is 0 Å². The minimum Gasteiger partial charge on any atom is -0.394 e. The summed E-state index contributed by atoms with van der Waals surface area (Å²) in [4.78, 5) is 2.79. The molecule has 1 aromatic heterocycles. The van der Waals surface area contributed by atoms with E-state index in [2.05, 4.69) is 9.72 Å². The van der Waals surface area contributed by atoms with Gasteiger partial charge >= 0.3 is 12.5 Å². The van der Waals surface area contributed by atoms with Crippen LogP contribution in [0.5, 0.6) is 5.88 Å². The molecule has 10 heteroatoms. The molecule has 0 radical (unpaired) electrons. The van der Waals surface area contributed by atoms with Crippen molar-refractivity contribution in [3.05, 3.63) is 17.3 Å². The lowest BCUT2D eigenvalue weighted by Crippen LogP contribution is -2.20. The van der Waals surface area contributed by atoms with Crippen LogP contribution in [0.1, 0.15) is 11.3 Å². The molecule has 0 aromatic carbocycles. The number of halogens is 6. The van der Waals surface area contributed by atoms with E-state index in [1.165, 1.54) is 0 Å². The summed E-state index contributed by atoms with van der Waals surface area (Å²) in [6.45, 7) is 0. The largest absolute Gasteiger partial charge is 0.574 e. The SMILES string of the molecule is N#Cc1nc(OC(F)(F)F)c(N)cc1C(F)(F)F. The molecule has 0 spiro atoms. The predicted octanol–water partition coefficient (Wildman–Crippen LogP) is 2.45. The van der Waals surface area contributed by atoms with E-state index in [1.54, 1.807) is 0 Å². The Morgan fingerprint density at radius 3 is 2.17 bits per heavy atom. The Labute approximate surface area is 95.6 Å². The number of hydrogen-bond acceptors (Lipinski definition) is 4. The fourth-order valence-electron chi connectivity index (χ4n) is 1.00. The van der Waals surface area contributed by atoms with E-state index in [0.717, 1.165) is 6.07 Å². The molecule has 2 N–H and O–H groups in total. The van der Waals surface area contributed by atoms with Crippen LogP contribution in [-0.4, -0.2) is 11.3 Å². The number of nitrogen functional groups attached to an aromatic ring is 1. The molecule has 0 aliphatic rings. The number of anilines is 1. The zero-order valence-corrected chi connectivity index (χ0v) is 8.23. The van der Waals surface area contributed by atoms with Crippen LogP contribution in [0, 0.1) is 11.3 Å². The van der Waals surface area contributed by atoms with E-state index in [4.69, 9.17) is 11.0 Å². The molecule has 0 saturated carbocycles. The van der Waals surface area contributed by atoms with Crippen LogP contribution in [0.2, 0.25) is 0 Å². The van der Waals surface area contributed by atoms with Gasteiger partial charge in [0.1, 0.15) is 6.07 Å². The fourth-order valence-corrected chi connectivity index (χ4v) is 1.00. The molecular formula is C8H3F6N3O. The smallest absolute Gasteiger partial charge is 0.394 e. The molecule has 0 unspecified atom stereocenters. The highest BCUT2D eigenvalue weighted by molar-refractivity contribution is 5.54. The average molecular weight is 271 g/mol. The standard InChI is InChI=1S/C8H3F6N3O/c9-7(10,11)3-1-4(16)6(17-5(3)2-15)18-8(12,13)14/h1H,16H2. The minimum atomic E-state index is -5.17. The second-order valence-corrected chi connectivity index (χ2v) is 2.94. The number of alkyl halides is 6. The summed E-state index contributed by atoms with van der Waals surface area (Å²) < 4.78 is 76.0. The van der Waals surface area contributed by atoms with Crippen molar-refractivity contribution in [2.45, 2.75) is 12.5 Å². The van der Waals surface area contributed by atoms with E-state index in [9.17, 15) is 26.3 Å². The Kier molecular flexibility index (Phi) is 3.27. The quantitative estimate of drug-likeness (QED) is 0.796. The van der Waals surface area contributed by atoms with Gasteiger partial charge in [-0.05, 0) is 6.07 Å².